The number of nitrogens with zero attached hydrogens (tertiary/aromatic N) is 5. The molecule has 3 aromatic heterocycles. The van der Waals surface area contributed by atoms with Crippen molar-refractivity contribution in [1.82, 2.24) is 24.5 Å². The summed E-state index contributed by atoms with van der Waals surface area (Å²) in [4.78, 5) is 16.8. The van der Waals surface area contributed by atoms with Gasteiger partial charge in [0, 0.05) is 23.8 Å². The molecule has 164 valence electrons. The molecule has 4 aromatic rings. The first kappa shape index (κ1) is 19.8. The van der Waals surface area contributed by atoms with Gasteiger partial charge >= 0.3 is 0 Å². The molecule has 2 saturated heterocycles. The molecule has 2 aliphatic heterocycles. The minimum Gasteiger partial charge on any atom is -0.491 e. The average Bonchev–Trinajstić information content (AvgIpc) is 3.44. The molecule has 10 heteroatoms. The maximum Gasteiger partial charge on any atom is 0.164 e. The molecule has 6 rings (SSSR count). The lowest BCUT2D eigenvalue weighted by Gasteiger charge is -2.25. The van der Waals surface area contributed by atoms with E-state index in [1.165, 1.54) is 12.7 Å². The quantitative estimate of drug-likeness (QED) is 0.433. The molecule has 2 aliphatic rings. The number of aromatic nitrogens is 5. The first-order chi connectivity index (χ1) is 15.5. The molecule has 9 nitrogen and oxygen atoms in total. The van der Waals surface area contributed by atoms with Crippen LogP contribution in [0.2, 0.25) is 5.15 Å². The Hall–Kier alpha value is -2.85. The molecule has 4 atom stereocenters. The minimum atomic E-state index is -0.731. The van der Waals surface area contributed by atoms with Crippen LogP contribution in [-0.4, -0.2) is 55.2 Å². The molecule has 0 unspecified atom stereocenters. The molecule has 2 fully saturated rings. The zero-order chi connectivity index (χ0) is 21.9. The number of hydrogen-bond donors (Lipinski definition) is 0. The smallest absolute Gasteiger partial charge is 0.164 e. The van der Waals surface area contributed by atoms with Gasteiger partial charge in [0.2, 0.25) is 0 Å². The first-order valence-corrected chi connectivity index (χ1v) is 10.7. The Balaban J connectivity index is 1.28. The number of hydrogen-bond acceptors (Lipinski definition) is 8. The summed E-state index contributed by atoms with van der Waals surface area (Å²) in [6, 6.07) is 7.58. The third kappa shape index (κ3) is 3.29. The predicted octanol–water partition coefficient (Wildman–Crippen LogP) is 3.52. The van der Waals surface area contributed by atoms with Crippen molar-refractivity contribution >= 4 is 33.5 Å². The second kappa shape index (κ2) is 7.35. The number of benzene rings is 1. The molecular formula is C22H20ClN5O4. The summed E-state index contributed by atoms with van der Waals surface area (Å²) in [5.41, 5.74) is 1.50. The number of rotatable bonds is 4. The van der Waals surface area contributed by atoms with E-state index in [-0.39, 0.29) is 18.3 Å². The predicted molar refractivity (Wildman–Crippen MR) is 115 cm³/mol. The van der Waals surface area contributed by atoms with Gasteiger partial charge in [0.15, 0.2) is 12.0 Å². The standard InChI is InChI=1S/C22H20ClN5O4/c1-22(2)31-17-16(9-29-13-4-3-12-8-24-10-25-15(12)7-13)30-21(18(17)32-22)28-6-5-14-19(23)26-11-27-20(14)28/h3-8,10-11,16-18,21H,9H2,1-2H3/t16-,17-,18-,21-/m1/s1. The highest BCUT2D eigenvalue weighted by molar-refractivity contribution is 6.33. The van der Waals surface area contributed by atoms with Gasteiger partial charge in [-0.2, -0.15) is 0 Å². The highest BCUT2D eigenvalue weighted by Crippen LogP contribution is 2.44. The van der Waals surface area contributed by atoms with Gasteiger partial charge in [-0.15, -0.1) is 0 Å². The Morgan fingerprint density at radius 2 is 1.97 bits per heavy atom. The van der Waals surface area contributed by atoms with Crippen molar-refractivity contribution in [3.05, 3.63) is 54.5 Å². The average molecular weight is 454 g/mol. The zero-order valence-electron chi connectivity index (χ0n) is 17.4. The molecule has 32 heavy (non-hydrogen) atoms. The summed E-state index contributed by atoms with van der Waals surface area (Å²) >= 11 is 6.23. The van der Waals surface area contributed by atoms with Gasteiger partial charge in [-0.05, 0) is 32.0 Å². The lowest BCUT2D eigenvalue weighted by Crippen LogP contribution is -2.33. The van der Waals surface area contributed by atoms with Crippen molar-refractivity contribution in [3.63, 3.8) is 0 Å². The number of halogens is 1. The number of fused-ring (bicyclic) bond motifs is 3. The van der Waals surface area contributed by atoms with E-state index in [0.29, 0.717) is 23.2 Å². The summed E-state index contributed by atoms with van der Waals surface area (Å²) in [6.07, 6.45) is 5.20. The molecule has 0 spiro atoms. The monoisotopic (exact) mass is 453 g/mol. The Kier molecular flexibility index (Phi) is 4.55. The molecule has 0 amide bonds. The molecule has 5 heterocycles. The second-order valence-electron chi connectivity index (χ2n) is 8.31. The fraction of sp³-hybridized carbons (Fsp3) is 0.364. The fourth-order valence-electron chi connectivity index (χ4n) is 4.38. The molecule has 0 saturated carbocycles. The maximum absolute atomic E-state index is 6.38. The van der Waals surface area contributed by atoms with Crippen LogP contribution in [0.3, 0.4) is 0 Å². The second-order valence-corrected chi connectivity index (χ2v) is 8.67. The Morgan fingerprint density at radius 3 is 2.88 bits per heavy atom. The Morgan fingerprint density at radius 1 is 1.09 bits per heavy atom. The summed E-state index contributed by atoms with van der Waals surface area (Å²) in [6.45, 7) is 4.09. The Bertz CT molecular complexity index is 1310. The van der Waals surface area contributed by atoms with E-state index in [9.17, 15) is 0 Å². The van der Waals surface area contributed by atoms with Crippen LogP contribution in [0.25, 0.3) is 21.9 Å². The topological polar surface area (TPSA) is 93.4 Å². The fourth-order valence-corrected chi connectivity index (χ4v) is 4.58. The van der Waals surface area contributed by atoms with E-state index in [4.69, 9.17) is 30.5 Å². The lowest BCUT2D eigenvalue weighted by molar-refractivity contribution is -0.198. The van der Waals surface area contributed by atoms with Crippen molar-refractivity contribution < 1.29 is 18.9 Å². The minimum absolute atomic E-state index is 0.294. The summed E-state index contributed by atoms with van der Waals surface area (Å²) in [5, 5.41) is 2.10. The molecular weight excluding hydrogens is 434 g/mol. The van der Waals surface area contributed by atoms with Crippen LogP contribution >= 0.6 is 11.6 Å². The molecule has 1 aromatic carbocycles. The van der Waals surface area contributed by atoms with Gasteiger partial charge in [0.05, 0.1) is 10.9 Å². The molecule has 0 N–H and O–H groups in total. The van der Waals surface area contributed by atoms with E-state index in [1.807, 2.05) is 48.9 Å². The van der Waals surface area contributed by atoms with Gasteiger partial charge in [-0.3, -0.25) is 0 Å². The van der Waals surface area contributed by atoms with Crippen LogP contribution in [0, 0.1) is 0 Å². The van der Waals surface area contributed by atoms with E-state index in [0.717, 1.165) is 16.3 Å². The highest BCUT2D eigenvalue weighted by Gasteiger charge is 2.56. The van der Waals surface area contributed by atoms with Crippen LogP contribution < -0.4 is 4.74 Å². The van der Waals surface area contributed by atoms with Crippen molar-refractivity contribution in [1.29, 1.82) is 0 Å². The van der Waals surface area contributed by atoms with Gasteiger partial charge in [-0.1, -0.05) is 11.6 Å². The van der Waals surface area contributed by atoms with Gasteiger partial charge in [0.25, 0.3) is 0 Å². The van der Waals surface area contributed by atoms with Crippen LogP contribution in [0.15, 0.2) is 49.3 Å². The van der Waals surface area contributed by atoms with Crippen LogP contribution in [0.5, 0.6) is 5.75 Å². The third-order valence-electron chi connectivity index (χ3n) is 5.75. The van der Waals surface area contributed by atoms with Gasteiger partial charge < -0.3 is 23.5 Å². The van der Waals surface area contributed by atoms with Crippen molar-refractivity contribution in [2.75, 3.05) is 6.61 Å². The van der Waals surface area contributed by atoms with E-state index in [1.54, 1.807) is 6.20 Å². The number of ether oxygens (including phenoxy) is 4. The van der Waals surface area contributed by atoms with Gasteiger partial charge in [-0.25, -0.2) is 19.9 Å². The lowest BCUT2D eigenvalue weighted by atomic mass is 10.1. The summed E-state index contributed by atoms with van der Waals surface area (Å²) in [5.74, 6) is -0.0330. The molecule has 0 bridgehead atoms. The molecule has 0 aliphatic carbocycles. The van der Waals surface area contributed by atoms with Gasteiger partial charge in [0.1, 0.15) is 54.1 Å². The van der Waals surface area contributed by atoms with E-state index in [2.05, 4.69) is 19.9 Å². The van der Waals surface area contributed by atoms with Crippen LogP contribution in [0.4, 0.5) is 0 Å². The zero-order valence-corrected chi connectivity index (χ0v) is 18.1. The largest absolute Gasteiger partial charge is 0.491 e. The van der Waals surface area contributed by atoms with Crippen LogP contribution in [0.1, 0.15) is 20.1 Å². The Labute approximate surface area is 188 Å². The van der Waals surface area contributed by atoms with Crippen LogP contribution in [-0.2, 0) is 14.2 Å². The van der Waals surface area contributed by atoms with E-state index >= 15 is 0 Å². The summed E-state index contributed by atoms with van der Waals surface area (Å²) in [7, 11) is 0. The third-order valence-corrected chi connectivity index (χ3v) is 6.05. The SMILES string of the molecule is CC1(C)O[C@@H]2[C@H](O1)[C@@H](COc1ccc3cncnc3c1)O[C@H]2n1ccc2c(Cl)ncnc21. The highest BCUT2D eigenvalue weighted by atomic mass is 35.5. The van der Waals surface area contributed by atoms with Crippen molar-refractivity contribution in [3.8, 4) is 5.75 Å². The molecule has 0 radical (unpaired) electrons. The van der Waals surface area contributed by atoms with Crippen molar-refractivity contribution in [2.45, 2.75) is 44.2 Å². The first-order valence-electron chi connectivity index (χ1n) is 10.3. The summed E-state index contributed by atoms with van der Waals surface area (Å²) < 4.78 is 26.8. The maximum atomic E-state index is 6.38. The van der Waals surface area contributed by atoms with Crippen molar-refractivity contribution in [2.24, 2.45) is 0 Å². The van der Waals surface area contributed by atoms with E-state index < -0.39 is 12.0 Å². The normalized spacial score (nSPS) is 26.6.